The van der Waals surface area contributed by atoms with E-state index < -0.39 is 0 Å². The van der Waals surface area contributed by atoms with Crippen molar-refractivity contribution in [2.75, 3.05) is 0 Å². The van der Waals surface area contributed by atoms with Crippen LogP contribution < -0.4 is 0 Å². The monoisotopic (exact) mass is 122 g/mol. The first-order valence-electron chi connectivity index (χ1n) is 2.67. The van der Waals surface area contributed by atoms with E-state index in [4.69, 9.17) is 0 Å². The van der Waals surface area contributed by atoms with Gasteiger partial charge in [0.15, 0.2) is 5.78 Å². The van der Waals surface area contributed by atoms with Crippen LogP contribution in [-0.2, 0) is 4.79 Å². The topological polar surface area (TPSA) is 17.1 Å². The van der Waals surface area contributed by atoms with Gasteiger partial charge in [-0.05, 0) is 18.1 Å². The van der Waals surface area contributed by atoms with Gasteiger partial charge in [0, 0.05) is 0 Å². The summed E-state index contributed by atoms with van der Waals surface area (Å²) in [5, 5.41) is 0. The van der Waals surface area contributed by atoms with Crippen molar-refractivity contribution in [3.63, 3.8) is 0 Å². The van der Waals surface area contributed by atoms with Gasteiger partial charge in [-0.25, -0.2) is 0 Å². The Morgan fingerprint density at radius 2 is 2.00 bits per heavy atom. The summed E-state index contributed by atoms with van der Waals surface area (Å²) in [5.41, 5.74) is 0.542. The molecule has 0 radical (unpaired) electrons. The van der Waals surface area contributed by atoms with Crippen molar-refractivity contribution in [3.8, 4) is 0 Å². The van der Waals surface area contributed by atoms with Crippen LogP contribution in [-0.4, -0.2) is 5.78 Å². The maximum Gasteiger partial charge on any atom is 0.180 e. The predicted molar refractivity (Wildman–Crippen MR) is 39.2 cm³/mol. The van der Waals surface area contributed by atoms with Crippen molar-refractivity contribution >= 4 is 5.78 Å². The lowest BCUT2D eigenvalue weighted by Gasteiger charge is -1.92. The molecule has 0 atom stereocenters. The summed E-state index contributed by atoms with van der Waals surface area (Å²) in [4.78, 5) is 10.6. The maximum absolute atomic E-state index is 10.6. The van der Waals surface area contributed by atoms with Gasteiger partial charge in [0.2, 0.25) is 0 Å². The number of carbonyl (C=O) groups excluding carboxylic acids is 1. The fourth-order valence-electron chi connectivity index (χ4n) is 0.419. The normalized spacial score (nSPS) is 8.00. The van der Waals surface area contributed by atoms with Crippen molar-refractivity contribution in [3.05, 3.63) is 37.5 Å². The summed E-state index contributed by atoms with van der Waals surface area (Å²) in [6.07, 6.45) is 3.44. The largest absolute Gasteiger partial charge is 0.290 e. The van der Waals surface area contributed by atoms with Crippen LogP contribution in [0.5, 0.6) is 0 Å². The second-order valence-corrected chi connectivity index (χ2v) is 1.66. The first kappa shape index (κ1) is 7.89. The van der Waals surface area contributed by atoms with Crippen molar-refractivity contribution < 1.29 is 4.79 Å². The van der Waals surface area contributed by atoms with Crippen LogP contribution in [0.1, 0.15) is 6.42 Å². The minimum absolute atomic E-state index is 0.102. The van der Waals surface area contributed by atoms with Crippen LogP contribution in [0, 0.1) is 0 Å². The van der Waals surface area contributed by atoms with Crippen molar-refractivity contribution in [2.45, 2.75) is 6.42 Å². The van der Waals surface area contributed by atoms with Crippen molar-refractivity contribution in [2.24, 2.45) is 0 Å². The number of hydrogen-bond donors (Lipinski definition) is 0. The molecule has 0 saturated heterocycles. The second kappa shape index (κ2) is 3.84. The fourth-order valence-corrected chi connectivity index (χ4v) is 0.419. The molecule has 0 unspecified atom stereocenters. The molecule has 0 fully saturated rings. The molecule has 0 N–H and O–H groups in total. The zero-order chi connectivity index (χ0) is 7.28. The molecule has 0 aliphatic carbocycles. The van der Waals surface area contributed by atoms with E-state index in [1.54, 1.807) is 6.08 Å². The Hall–Kier alpha value is -1.11. The van der Waals surface area contributed by atoms with Gasteiger partial charge in [-0.3, -0.25) is 4.79 Å². The van der Waals surface area contributed by atoms with Gasteiger partial charge in [-0.1, -0.05) is 19.2 Å². The fraction of sp³-hybridized carbons (Fsp3) is 0.125. The summed E-state index contributed by atoms with van der Waals surface area (Å²) in [7, 11) is 0. The maximum atomic E-state index is 10.6. The molecule has 48 valence electrons. The van der Waals surface area contributed by atoms with Gasteiger partial charge < -0.3 is 0 Å². The highest BCUT2D eigenvalue weighted by Crippen LogP contribution is 1.99. The summed E-state index contributed by atoms with van der Waals surface area (Å²) in [6, 6.07) is 0. The number of rotatable bonds is 4. The molecule has 0 aliphatic rings. The smallest absolute Gasteiger partial charge is 0.180 e. The molecular weight excluding hydrogens is 112 g/mol. The number of hydrogen-bond acceptors (Lipinski definition) is 1. The van der Waals surface area contributed by atoms with Crippen molar-refractivity contribution in [1.29, 1.82) is 0 Å². The van der Waals surface area contributed by atoms with Gasteiger partial charge in [-0.2, -0.15) is 0 Å². The summed E-state index contributed by atoms with van der Waals surface area (Å²) >= 11 is 0. The second-order valence-electron chi connectivity index (χ2n) is 1.66. The third kappa shape index (κ3) is 2.65. The first-order valence-corrected chi connectivity index (χ1v) is 2.67. The molecule has 0 rings (SSSR count). The van der Waals surface area contributed by atoms with Gasteiger partial charge in [0.1, 0.15) is 0 Å². The lowest BCUT2D eigenvalue weighted by Crippen LogP contribution is -1.93. The van der Waals surface area contributed by atoms with E-state index in [0.717, 1.165) is 0 Å². The quantitative estimate of drug-likeness (QED) is 0.411. The van der Waals surface area contributed by atoms with E-state index in [1.807, 2.05) is 0 Å². The molecule has 1 nitrogen and oxygen atoms in total. The van der Waals surface area contributed by atoms with E-state index in [-0.39, 0.29) is 5.78 Å². The Bertz CT molecular complexity index is 154. The summed E-state index contributed by atoms with van der Waals surface area (Å²) < 4.78 is 0. The van der Waals surface area contributed by atoms with E-state index in [0.29, 0.717) is 12.0 Å². The lowest BCUT2D eigenvalue weighted by atomic mass is 10.1. The highest BCUT2D eigenvalue weighted by atomic mass is 16.1. The average molecular weight is 122 g/mol. The van der Waals surface area contributed by atoms with Crippen LogP contribution in [0.4, 0.5) is 0 Å². The molecular formula is C8H10O. The minimum Gasteiger partial charge on any atom is -0.290 e. The zero-order valence-electron chi connectivity index (χ0n) is 5.39. The molecule has 1 heteroatoms. The van der Waals surface area contributed by atoms with Crippen LogP contribution >= 0.6 is 0 Å². The first-order chi connectivity index (χ1) is 4.22. The van der Waals surface area contributed by atoms with Crippen molar-refractivity contribution in [1.82, 2.24) is 0 Å². The lowest BCUT2D eigenvalue weighted by molar-refractivity contribution is -0.111. The van der Waals surface area contributed by atoms with Gasteiger partial charge in [0.25, 0.3) is 0 Å². The minimum atomic E-state index is -0.102. The van der Waals surface area contributed by atoms with Gasteiger partial charge in [-0.15, -0.1) is 6.58 Å². The highest BCUT2D eigenvalue weighted by Gasteiger charge is 1.97. The molecule has 0 aromatic heterocycles. The van der Waals surface area contributed by atoms with Crippen LogP contribution in [0.25, 0.3) is 0 Å². The van der Waals surface area contributed by atoms with E-state index in [2.05, 4.69) is 19.7 Å². The number of allylic oxidation sites excluding steroid dienone is 3. The number of ketones is 1. The SMILES string of the molecule is C=CCC(=C)C(=O)C=C. The van der Waals surface area contributed by atoms with Gasteiger partial charge >= 0.3 is 0 Å². The standard InChI is InChI=1S/C8H10O/c1-4-6-7(3)8(9)5-2/h4-5H,1-3,6H2. The molecule has 0 aromatic carbocycles. The molecule has 0 heterocycles. The molecule has 0 bridgehead atoms. The Labute approximate surface area is 55.4 Å². The Kier molecular flexibility index (Phi) is 3.37. The zero-order valence-corrected chi connectivity index (χ0v) is 5.39. The molecule has 0 spiro atoms. The highest BCUT2D eigenvalue weighted by molar-refractivity contribution is 6.03. The average Bonchev–Trinajstić information content (AvgIpc) is 1.87. The molecule has 0 saturated carbocycles. The molecule has 0 aromatic rings. The van der Waals surface area contributed by atoms with Crippen LogP contribution in [0.3, 0.4) is 0 Å². The Morgan fingerprint density at radius 1 is 1.44 bits per heavy atom. The molecule has 0 aliphatic heterocycles. The van der Waals surface area contributed by atoms with Gasteiger partial charge in [0.05, 0.1) is 0 Å². The molecule has 9 heavy (non-hydrogen) atoms. The van der Waals surface area contributed by atoms with E-state index >= 15 is 0 Å². The van der Waals surface area contributed by atoms with Crippen LogP contribution in [0.2, 0.25) is 0 Å². The Morgan fingerprint density at radius 3 is 2.33 bits per heavy atom. The van der Waals surface area contributed by atoms with E-state index in [1.165, 1.54) is 6.08 Å². The van der Waals surface area contributed by atoms with Crippen LogP contribution in [0.15, 0.2) is 37.5 Å². The Balaban J connectivity index is 3.87. The predicted octanol–water partition coefficient (Wildman–Crippen LogP) is 1.87. The molecule has 0 amide bonds. The summed E-state index contributed by atoms with van der Waals surface area (Å²) in [6.45, 7) is 10.3. The number of carbonyl (C=O) groups is 1. The third-order valence-corrected chi connectivity index (χ3v) is 0.925. The van der Waals surface area contributed by atoms with E-state index in [9.17, 15) is 4.79 Å². The third-order valence-electron chi connectivity index (χ3n) is 0.925. The summed E-state index contributed by atoms with van der Waals surface area (Å²) in [5.74, 6) is -0.102.